The van der Waals surface area contributed by atoms with Gasteiger partial charge in [0.15, 0.2) is 0 Å². The van der Waals surface area contributed by atoms with Gasteiger partial charge in [0, 0.05) is 21.7 Å². The van der Waals surface area contributed by atoms with Crippen LogP contribution in [-0.2, 0) is 0 Å². The Kier molecular flexibility index (Phi) is 4.69. The zero-order chi connectivity index (χ0) is 10.6. The molecule has 14 heavy (non-hydrogen) atoms. The summed E-state index contributed by atoms with van der Waals surface area (Å²) >= 11 is 9.38. The molecule has 0 atom stereocenters. The van der Waals surface area contributed by atoms with Gasteiger partial charge in [0.25, 0.3) is 0 Å². The molecule has 78 valence electrons. The molecule has 0 aromatic heterocycles. The summed E-state index contributed by atoms with van der Waals surface area (Å²) in [7, 11) is 0. The molecule has 0 bridgehead atoms. The van der Waals surface area contributed by atoms with Crippen LogP contribution in [0, 0.1) is 6.92 Å². The SMILES string of the molecule is Cc1cc(Br)c(NCCCF)cc1Cl. The number of aryl methyl sites for hydroxylation is 1. The fourth-order valence-corrected chi connectivity index (χ4v) is 1.83. The lowest BCUT2D eigenvalue weighted by atomic mass is 10.2. The van der Waals surface area contributed by atoms with Crippen molar-refractivity contribution in [1.82, 2.24) is 0 Å². The molecule has 1 N–H and O–H groups in total. The van der Waals surface area contributed by atoms with E-state index >= 15 is 0 Å². The molecule has 0 saturated heterocycles. The monoisotopic (exact) mass is 279 g/mol. The van der Waals surface area contributed by atoms with Crippen molar-refractivity contribution in [1.29, 1.82) is 0 Å². The Morgan fingerprint density at radius 1 is 1.50 bits per heavy atom. The lowest BCUT2D eigenvalue weighted by Crippen LogP contribution is -2.02. The van der Waals surface area contributed by atoms with Crippen molar-refractivity contribution < 1.29 is 4.39 Å². The predicted molar refractivity (Wildman–Crippen MR) is 63.0 cm³/mol. The molecule has 0 heterocycles. The summed E-state index contributed by atoms with van der Waals surface area (Å²) in [5.41, 5.74) is 1.93. The molecule has 1 nitrogen and oxygen atoms in total. The Hall–Kier alpha value is -0.280. The minimum Gasteiger partial charge on any atom is -0.384 e. The van der Waals surface area contributed by atoms with Crippen LogP contribution in [0.3, 0.4) is 0 Å². The molecule has 1 aromatic carbocycles. The lowest BCUT2D eigenvalue weighted by molar-refractivity contribution is 0.481. The summed E-state index contributed by atoms with van der Waals surface area (Å²) < 4.78 is 12.8. The number of nitrogens with one attached hydrogen (secondary N) is 1. The smallest absolute Gasteiger partial charge is 0.0911 e. The van der Waals surface area contributed by atoms with Crippen LogP contribution in [0.2, 0.25) is 5.02 Å². The summed E-state index contributed by atoms with van der Waals surface area (Å²) in [6, 6.07) is 3.79. The number of anilines is 1. The van der Waals surface area contributed by atoms with Gasteiger partial charge in [-0.3, -0.25) is 4.39 Å². The molecule has 0 saturated carbocycles. The zero-order valence-electron chi connectivity index (χ0n) is 7.91. The molecule has 0 fully saturated rings. The lowest BCUT2D eigenvalue weighted by Gasteiger charge is -2.09. The van der Waals surface area contributed by atoms with Crippen LogP contribution < -0.4 is 5.32 Å². The normalized spacial score (nSPS) is 10.3. The van der Waals surface area contributed by atoms with Crippen molar-refractivity contribution in [3.05, 3.63) is 27.2 Å². The molecule has 4 heteroatoms. The Morgan fingerprint density at radius 2 is 2.21 bits per heavy atom. The van der Waals surface area contributed by atoms with Gasteiger partial charge in [-0.1, -0.05) is 11.6 Å². The molecule has 0 amide bonds. The fraction of sp³-hybridized carbons (Fsp3) is 0.400. The molecule has 1 aromatic rings. The third kappa shape index (κ3) is 3.14. The van der Waals surface area contributed by atoms with Crippen molar-refractivity contribution in [2.24, 2.45) is 0 Å². The predicted octanol–water partition coefficient (Wildman–Crippen LogP) is 4.18. The second-order valence-electron chi connectivity index (χ2n) is 3.05. The van der Waals surface area contributed by atoms with Gasteiger partial charge in [0.05, 0.1) is 6.67 Å². The zero-order valence-corrected chi connectivity index (χ0v) is 10.3. The van der Waals surface area contributed by atoms with E-state index in [1.165, 1.54) is 0 Å². The summed E-state index contributed by atoms with van der Waals surface area (Å²) in [4.78, 5) is 0. The van der Waals surface area contributed by atoms with Crippen molar-refractivity contribution in [3.63, 3.8) is 0 Å². The maximum absolute atomic E-state index is 11.9. The summed E-state index contributed by atoms with van der Waals surface area (Å²) in [6.45, 7) is 2.26. The molecular weight excluding hydrogens is 268 g/mol. The highest BCUT2D eigenvalue weighted by atomic mass is 79.9. The fourth-order valence-electron chi connectivity index (χ4n) is 1.07. The number of rotatable bonds is 4. The number of halogens is 3. The summed E-state index contributed by atoms with van der Waals surface area (Å²) in [5.74, 6) is 0. The Bertz CT molecular complexity index is 317. The number of benzene rings is 1. The van der Waals surface area contributed by atoms with Gasteiger partial charge in [0.2, 0.25) is 0 Å². The largest absolute Gasteiger partial charge is 0.384 e. The van der Waals surface area contributed by atoms with E-state index in [-0.39, 0.29) is 6.67 Å². The Morgan fingerprint density at radius 3 is 2.86 bits per heavy atom. The first-order valence-electron chi connectivity index (χ1n) is 4.40. The van der Waals surface area contributed by atoms with Crippen LogP contribution in [0.1, 0.15) is 12.0 Å². The highest BCUT2D eigenvalue weighted by Crippen LogP contribution is 2.28. The Balaban J connectivity index is 2.72. The third-order valence-corrected chi connectivity index (χ3v) is 2.94. The average molecular weight is 281 g/mol. The van der Waals surface area contributed by atoms with E-state index in [9.17, 15) is 4.39 Å². The minimum absolute atomic E-state index is 0.301. The average Bonchev–Trinajstić information content (AvgIpc) is 2.14. The second-order valence-corrected chi connectivity index (χ2v) is 4.31. The van der Waals surface area contributed by atoms with E-state index in [4.69, 9.17) is 11.6 Å². The van der Waals surface area contributed by atoms with Crippen LogP contribution in [0.5, 0.6) is 0 Å². The molecule has 0 aliphatic heterocycles. The van der Waals surface area contributed by atoms with Gasteiger partial charge in [-0.2, -0.15) is 0 Å². The van der Waals surface area contributed by atoms with Gasteiger partial charge in [0.1, 0.15) is 0 Å². The highest BCUT2D eigenvalue weighted by Gasteiger charge is 2.03. The molecule has 0 spiro atoms. The van der Waals surface area contributed by atoms with E-state index in [0.29, 0.717) is 13.0 Å². The van der Waals surface area contributed by atoms with Crippen LogP contribution in [0.25, 0.3) is 0 Å². The first-order valence-corrected chi connectivity index (χ1v) is 5.57. The quantitative estimate of drug-likeness (QED) is 0.816. The molecule has 0 radical (unpaired) electrons. The van der Waals surface area contributed by atoms with Crippen LogP contribution in [0.4, 0.5) is 10.1 Å². The van der Waals surface area contributed by atoms with E-state index in [0.717, 1.165) is 20.7 Å². The van der Waals surface area contributed by atoms with Gasteiger partial charge in [-0.05, 0) is 47.0 Å². The maximum Gasteiger partial charge on any atom is 0.0911 e. The van der Waals surface area contributed by atoms with Gasteiger partial charge in [-0.25, -0.2) is 0 Å². The molecule has 0 aliphatic rings. The van der Waals surface area contributed by atoms with Gasteiger partial charge >= 0.3 is 0 Å². The number of hydrogen-bond donors (Lipinski definition) is 1. The molecule has 0 aliphatic carbocycles. The number of alkyl halides is 1. The topological polar surface area (TPSA) is 12.0 Å². The molecule has 1 rings (SSSR count). The van der Waals surface area contributed by atoms with Crippen LogP contribution >= 0.6 is 27.5 Å². The van der Waals surface area contributed by atoms with Crippen molar-refractivity contribution in [2.75, 3.05) is 18.5 Å². The van der Waals surface area contributed by atoms with E-state index in [1.54, 1.807) is 0 Å². The van der Waals surface area contributed by atoms with E-state index < -0.39 is 0 Å². The molecule has 0 unspecified atom stereocenters. The van der Waals surface area contributed by atoms with Crippen molar-refractivity contribution in [2.45, 2.75) is 13.3 Å². The van der Waals surface area contributed by atoms with Crippen LogP contribution in [-0.4, -0.2) is 13.2 Å². The second kappa shape index (κ2) is 5.56. The van der Waals surface area contributed by atoms with E-state index in [2.05, 4.69) is 21.2 Å². The summed E-state index contributed by atoms with van der Waals surface area (Å²) in [5, 5.41) is 3.83. The Labute approximate surface area is 96.8 Å². The summed E-state index contributed by atoms with van der Waals surface area (Å²) in [6.07, 6.45) is 0.512. The molecular formula is C10H12BrClFN. The third-order valence-electron chi connectivity index (χ3n) is 1.87. The van der Waals surface area contributed by atoms with Crippen LogP contribution in [0.15, 0.2) is 16.6 Å². The van der Waals surface area contributed by atoms with E-state index in [1.807, 2.05) is 19.1 Å². The maximum atomic E-state index is 11.9. The first-order chi connectivity index (χ1) is 6.65. The first kappa shape index (κ1) is 11.8. The standard InChI is InChI=1S/C10H12BrClFN/c1-7-5-8(11)10(6-9(7)12)14-4-2-3-13/h5-6,14H,2-4H2,1H3. The number of hydrogen-bond acceptors (Lipinski definition) is 1. The van der Waals surface area contributed by atoms with Gasteiger partial charge in [-0.15, -0.1) is 0 Å². The minimum atomic E-state index is -0.301. The highest BCUT2D eigenvalue weighted by molar-refractivity contribution is 9.10. The van der Waals surface area contributed by atoms with Gasteiger partial charge < -0.3 is 5.32 Å². The van der Waals surface area contributed by atoms with Crippen molar-refractivity contribution >= 4 is 33.2 Å². The van der Waals surface area contributed by atoms with Crippen molar-refractivity contribution in [3.8, 4) is 0 Å².